The summed E-state index contributed by atoms with van der Waals surface area (Å²) in [6.07, 6.45) is 0. The van der Waals surface area contributed by atoms with E-state index < -0.39 is 11.7 Å². The lowest BCUT2D eigenvalue weighted by Gasteiger charge is -2.06. The molecule has 1 aromatic heterocycles. The molecule has 2 aromatic rings. The van der Waals surface area contributed by atoms with Gasteiger partial charge in [0.05, 0.1) is 10.7 Å². The number of rotatable bonds is 2. The van der Waals surface area contributed by atoms with Crippen LogP contribution < -0.4 is 5.32 Å². The Balaban J connectivity index is 2.28. The van der Waals surface area contributed by atoms with Crippen LogP contribution in [0.15, 0.2) is 36.4 Å². The van der Waals surface area contributed by atoms with Gasteiger partial charge in [-0.3, -0.25) is 4.79 Å². The van der Waals surface area contributed by atoms with Crippen LogP contribution >= 0.6 is 23.2 Å². The first-order valence-electron chi connectivity index (χ1n) is 4.96. The number of carbonyl (C=O) groups excluding carboxylic acids is 1. The number of carbonyl (C=O) groups is 1. The fourth-order valence-electron chi connectivity index (χ4n) is 1.32. The summed E-state index contributed by atoms with van der Waals surface area (Å²) in [5, 5.41) is 2.66. The average molecular weight is 285 g/mol. The van der Waals surface area contributed by atoms with Crippen molar-refractivity contribution in [1.29, 1.82) is 0 Å². The van der Waals surface area contributed by atoms with Gasteiger partial charge in [0.15, 0.2) is 0 Å². The van der Waals surface area contributed by atoms with Crippen molar-refractivity contribution in [3.05, 3.63) is 58.1 Å². The van der Waals surface area contributed by atoms with Crippen LogP contribution in [0.25, 0.3) is 0 Å². The van der Waals surface area contributed by atoms with Crippen molar-refractivity contribution in [1.82, 2.24) is 4.98 Å². The van der Waals surface area contributed by atoms with Crippen LogP contribution in [0.4, 0.5) is 10.1 Å². The summed E-state index contributed by atoms with van der Waals surface area (Å²) in [4.78, 5) is 15.7. The molecule has 0 aliphatic heterocycles. The van der Waals surface area contributed by atoms with E-state index in [9.17, 15) is 9.18 Å². The summed E-state index contributed by atoms with van der Waals surface area (Å²) in [6.45, 7) is 0. The molecular weight excluding hydrogens is 278 g/mol. The minimum atomic E-state index is -0.618. The third-order valence-corrected chi connectivity index (χ3v) is 2.66. The van der Waals surface area contributed by atoms with Crippen LogP contribution in [-0.4, -0.2) is 10.9 Å². The highest BCUT2D eigenvalue weighted by molar-refractivity contribution is 6.35. The maximum atomic E-state index is 13.4. The van der Waals surface area contributed by atoms with Gasteiger partial charge >= 0.3 is 0 Å². The molecule has 92 valence electrons. The maximum absolute atomic E-state index is 13.4. The molecule has 0 spiro atoms. The molecular formula is C12H7Cl2FN2O. The van der Waals surface area contributed by atoms with Crippen LogP contribution in [-0.2, 0) is 0 Å². The molecule has 0 bridgehead atoms. The predicted molar refractivity (Wildman–Crippen MR) is 68.6 cm³/mol. The standard InChI is InChI=1S/C12H7Cl2FN2O/c13-7-5-6-10(14)17-11(7)12(18)16-9-4-2-1-3-8(9)15/h1-6H,(H,16,18). The first kappa shape index (κ1) is 12.8. The Kier molecular flexibility index (Phi) is 3.79. The Morgan fingerprint density at radius 3 is 2.61 bits per heavy atom. The smallest absolute Gasteiger partial charge is 0.275 e. The zero-order valence-electron chi connectivity index (χ0n) is 8.95. The summed E-state index contributed by atoms with van der Waals surface area (Å²) in [5.41, 5.74) is 0.00719. The van der Waals surface area contributed by atoms with Gasteiger partial charge in [-0.1, -0.05) is 35.3 Å². The van der Waals surface area contributed by atoms with Crippen LogP contribution in [0.5, 0.6) is 0 Å². The molecule has 1 N–H and O–H groups in total. The molecule has 6 heteroatoms. The molecule has 2 rings (SSSR count). The number of para-hydroxylation sites is 1. The van der Waals surface area contributed by atoms with E-state index in [0.717, 1.165) is 0 Å². The zero-order chi connectivity index (χ0) is 13.1. The van der Waals surface area contributed by atoms with E-state index in [1.807, 2.05) is 0 Å². The molecule has 0 saturated carbocycles. The van der Waals surface area contributed by atoms with Gasteiger partial charge in [-0.25, -0.2) is 9.37 Å². The number of hydrogen-bond acceptors (Lipinski definition) is 2. The van der Waals surface area contributed by atoms with Crippen LogP contribution in [0, 0.1) is 5.82 Å². The normalized spacial score (nSPS) is 10.2. The van der Waals surface area contributed by atoms with Gasteiger partial charge in [-0.15, -0.1) is 0 Å². The van der Waals surface area contributed by atoms with Gasteiger partial charge in [0.1, 0.15) is 16.7 Å². The molecule has 1 amide bonds. The van der Waals surface area contributed by atoms with Crippen LogP contribution in [0.2, 0.25) is 10.2 Å². The second-order valence-corrected chi connectivity index (χ2v) is 4.19. The SMILES string of the molecule is O=C(Nc1ccccc1F)c1nc(Cl)ccc1Cl. The van der Waals surface area contributed by atoms with Crippen LogP contribution in [0.3, 0.4) is 0 Å². The van der Waals surface area contributed by atoms with Crippen molar-refractivity contribution < 1.29 is 9.18 Å². The van der Waals surface area contributed by atoms with E-state index in [4.69, 9.17) is 23.2 Å². The van der Waals surface area contributed by atoms with Crippen molar-refractivity contribution in [3.8, 4) is 0 Å². The summed E-state index contributed by atoms with van der Waals surface area (Å²) < 4.78 is 13.4. The molecule has 3 nitrogen and oxygen atoms in total. The topological polar surface area (TPSA) is 42.0 Å². The molecule has 0 atom stereocenters. The first-order chi connectivity index (χ1) is 8.58. The Hall–Kier alpha value is -1.65. The van der Waals surface area contributed by atoms with Crippen molar-refractivity contribution in [2.45, 2.75) is 0 Å². The van der Waals surface area contributed by atoms with Crippen molar-refractivity contribution in [2.75, 3.05) is 5.32 Å². The quantitative estimate of drug-likeness (QED) is 0.853. The van der Waals surface area contributed by atoms with Gasteiger partial charge in [-0.05, 0) is 24.3 Å². The highest BCUT2D eigenvalue weighted by Gasteiger charge is 2.14. The Bertz CT molecular complexity index is 604. The van der Waals surface area contributed by atoms with E-state index in [0.29, 0.717) is 0 Å². The third kappa shape index (κ3) is 2.78. The Morgan fingerprint density at radius 1 is 1.17 bits per heavy atom. The highest BCUT2D eigenvalue weighted by atomic mass is 35.5. The number of nitrogens with one attached hydrogen (secondary N) is 1. The van der Waals surface area contributed by atoms with E-state index in [1.54, 1.807) is 6.07 Å². The minimum Gasteiger partial charge on any atom is -0.318 e. The maximum Gasteiger partial charge on any atom is 0.275 e. The average Bonchev–Trinajstić information content (AvgIpc) is 2.35. The van der Waals surface area contributed by atoms with Gasteiger partial charge in [-0.2, -0.15) is 0 Å². The second kappa shape index (κ2) is 5.33. The molecule has 18 heavy (non-hydrogen) atoms. The number of benzene rings is 1. The minimum absolute atomic E-state index is 0.0487. The van der Waals surface area contributed by atoms with E-state index in [-0.39, 0.29) is 21.6 Å². The largest absolute Gasteiger partial charge is 0.318 e. The van der Waals surface area contributed by atoms with Crippen molar-refractivity contribution >= 4 is 34.8 Å². The summed E-state index contributed by atoms with van der Waals surface area (Å²) in [5.74, 6) is -1.16. The fraction of sp³-hybridized carbons (Fsp3) is 0. The summed E-state index contributed by atoms with van der Waals surface area (Å²) in [6, 6.07) is 8.71. The lowest BCUT2D eigenvalue weighted by Crippen LogP contribution is -2.15. The van der Waals surface area contributed by atoms with E-state index >= 15 is 0 Å². The molecule has 0 unspecified atom stereocenters. The van der Waals surface area contributed by atoms with Gasteiger partial charge in [0.25, 0.3) is 5.91 Å². The molecule has 1 heterocycles. The summed E-state index contributed by atoms with van der Waals surface area (Å²) >= 11 is 11.5. The number of halogens is 3. The Morgan fingerprint density at radius 2 is 1.89 bits per heavy atom. The molecule has 0 fully saturated rings. The van der Waals surface area contributed by atoms with Gasteiger partial charge in [0, 0.05) is 0 Å². The lowest BCUT2D eigenvalue weighted by atomic mass is 10.3. The highest BCUT2D eigenvalue weighted by Crippen LogP contribution is 2.19. The predicted octanol–water partition coefficient (Wildman–Crippen LogP) is 3.78. The summed E-state index contributed by atoms with van der Waals surface area (Å²) in [7, 11) is 0. The van der Waals surface area contributed by atoms with Crippen molar-refractivity contribution in [3.63, 3.8) is 0 Å². The van der Waals surface area contributed by atoms with E-state index in [1.165, 1.54) is 30.3 Å². The van der Waals surface area contributed by atoms with Crippen molar-refractivity contribution in [2.24, 2.45) is 0 Å². The third-order valence-electron chi connectivity index (χ3n) is 2.15. The van der Waals surface area contributed by atoms with Gasteiger partial charge < -0.3 is 5.32 Å². The van der Waals surface area contributed by atoms with Gasteiger partial charge in [0.2, 0.25) is 0 Å². The molecule has 0 radical (unpaired) electrons. The molecule has 0 aliphatic carbocycles. The number of pyridine rings is 1. The fourth-order valence-corrected chi connectivity index (χ4v) is 1.66. The Labute approximate surface area is 113 Å². The molecule has 0 aliphatic rings. The second-order valence-electron chi connectivity index (χ2n) is 3.40. The molecule has 1 aromatic carbocycles. The lowest BCUT2D eigenvalue weighted by molar-refractivity contribution is 0.102. The molecule has 0 saturated heterocycles. The van der Waals surface area contributed by atoms with E-state index in [2.05, 4.69) is 10.3 Å². The number of hydrogen-bond donors (Lipinski definition) is 1. The number of amides is 1. The zero-order valence-corrected chi connectivity index (χ0v) is 10.5. The number of aromatic nitrogens is 1. The monoisotopic (exact) mass is 284 g/mol. The number of nitrogens with zero attached hydrogens (tertiary/aromatic N) is 1. The number of anilines is 1. The van der Waals surface area contributed by atoms with Crippen LogP contribution in [0.1, 0.15) is 10.5 Å². The first-order valence-corrected chi connectivity index (χ1v) is 5.71.